The smallest absolute Gasteiger partial charge is 0.225 e. The number of amides is 1. The van der Waals surface area contributed by atoms with Crippen LogP contribution in [0.1, 0.15) is 46.5 Å². The largest absolute Gasteiger partial charge is 0.357 e. The van der Waals surface area contributed by atoms with Crippen molar-refractivity contribution in [1.29, 1.82) is 0 Å². The highest BCUT2D eigenvalue weighted by Gasteiger charge is 2.31. The molecule has 0 spiro atoms. The van der Waals surface area contributed by atoms with Crippen LogP contribution in [0, 0.1) is 17.8 Å². The van der Waals surface area contributed by atoms with Gasteiger partial charge in [-0.2, -0.15) is 0 Å². The molecular formula is C21H40IN5O. The molecule has 0 aromatic carbocycles. The van der Waals surface area contributed by atoms with Crippen LogP contribution in [0.4, 0.5) is 0 Å². The first-order valence-corrected chi connectivity index (χ1v) is 11.1. The maximum absolute atomic E-state index is 12.4. The van der Waals surface area contributed by atoms with Crippen molar-refractivity contribution >= 4 is 35.8 Å². The van der Waals surface area contributed by atoms with Crippen LogP contribution in [-0.2, 0) is 4.79 Å². The minimum atomic E-state index is 0. The molecule has 1 saturated carbocycles. The number of piperazine rings is 1. The van der Waals surface area contributed by atoms with Crippen molar-refractivity contribution in [3.8, 4) is 0 Å². The summed E-state index contributed by atoms with van der Waals surface area (Å²) in [5, 5.41) is 3.48. The lowest BCUT2D eigenvalue weighted by atomic mass is 9.84. The second kappa shape index (κ2) is 11.6. The van der Waals surface area contributed by atoms with E-state index in [0.717, 1.165) is 89.5 Å². The van der Waals surface area contributed by atoms with Gasteiger partial charge in [0.25, 0.3) is 0 Å². The van der Waals surface area contributed by atoms with E-state index in [-0.39, 0.29) is 24.0 Å². The number of rotatable bonds is 5. The van der Waals surface area contributed by atoms with E-state index >= 15 is 0 Å². The topological polar surface area (TPSA) is 51.2 Å². The van der Waals surface area contributed by atoms with Crippen molar-refractivity contribution in [3.05, 3.63) is 0 Å². The maximum Gasteiger partial charge on any atom is 0.225 e. The summed E-state index contributed by atoms with van der Waals surface area (Å²) in [7, 11) is 0. The maximum atomic E-state index is 12.4. The molecule has 3 rings (SSSR count). The van der Waals surface area contributed by atoms with Crippen LogP contribution >= 0.6 is 24.0 Å². The number of halogens is 1. The monoisotopic (exact) mass is 505 g/mol. The summed E-state index contributed by atoms with van der Waals surface area (Å²) in [6.07, 6.45) is 4.76. The molecule has 162 valence electrons. The molecule has 1 N–H and O–H groups in total. The minimum absolute atomic E-state index is 0. The Kier molecular flexibility index (Phi) is 9.80. The van der Waals surface area contributed by atoms with Gasteiger partial charge in [0.2, 0.25) is 5.91 Å². The van der Waals surface area contributed by atoms with Crippen molar-refractivity contribution < 1.29 is 4.79 Å². The number of nitrogens with zero attached hydrogens (tertiary/aromatic N) is 4. The number of aliphatic imine (C=N–C) groups is 1. The fourth-order valence-corrected chi connectivity index (χ4v) is 4.66. The Morgan fingerprint density at radius 1 is 1.04 bits per heavy atom. The molecule has 6 nitrogen and oxygen atoms in total. The first-order chi connectivity index (χ1) is 13.1. The number of guanidine groups is 1. The van der Waals surface area contributed by atoms with E-state index in [0.29, 0.717) is 11.8 Å². The second-order valence-electron chi connectivity index (χ2n) is 8.88. The molecule has 2 unspecified atom stereocenters. The lowest BCUT2D eigenvalue weighted by molar-refractivity contribution is -0.139. The fourth-order valence-electron chi connectivity index (χ4n) is 4.66. The normalized spacial score (nSPS) is 27.2. The zero-order valence-corrected chi connectivity index (χ0v) is 20.4. The van der Waals surface area contributed by atoms with E-state index in [9.17, 15) is 4.79 Å². The summed E-state index contributed by atoms with van der Waals surface area (Å²) in [6, 6.07) is 0. The highest BCUT2D eigenvalue weighted by atomic mass is 127. The Morgan fingerprint density at radius 2 is 1.68 bits per heavy atom. The van der Waals surface area contributed by atoms with Crippen molar-refractivity contribution in [2.24, 2.45) is 22.7 Å². The Bertz CT molecular complexity index is 507. The van der Waals surface area contributed by atoms with Crippen LogP contribution < -0.4 is 5.32 Å². The Hall–Kier alpha value is -0.570. The van der Waals surface area contributed by atoms with E-state index in [1.54, 1.807) is 0 Å². The average Bonchev–Trinajstić information content (AvgIpc) is 2.59. The van der Waals surface area contributed by atoms with Gasteiger partial charge in [-0.25, -0.2) is 0 Å². The molecular weight excluding hydrogens is 465 g/mol. The van der Waals surface area contributed by atoms with Crippen LogP contribution in [0.25, 0.3) is 0 Å². The number of likely N-dealkylation sites (tertiary alicyclic amines) is 1. The van der Waals surface area contributed by atoms with Gasteiger partial charge in [-0.1, -0.05) is 20.3 Å². The van der Waals surface area contributed by atoms with Gasteiger partial charge in [0.1, 0.15) is 0 Å². The van der Waals surface area contributed by atoms with Crippen molar-refractivity contribution in [1.82, 2.24) is 20.0 Å². The number of carbonyl (C=O) groups excluding carboxylic acids is 1. The molecule has 28 heavy (non-hydrogen) atoms. The van der Waals surface area contributed by atoms with Gasteiger partial charge >= 0.3 is 0 Å². The van der Waals surface area contributed by atoms with Gasteiger partial charge in [0.15, 0.2) is 5.96 Å². The van der Waals surface area contributed by atoms with Gasteiger partial charge in [-0.05, 0) is 38.0 Å². The Labute approximate surface area is 188 Å². The van der Waals surface area contributed by atoms with Crippen molar-refractivity contribution in [3.63, 3.8) is 0 Å². The van der Waals surface area contributed by atoms with E-state index < -0.39 is 0 Å². The van der Waals surface area contributed by atoms with Gasteiger partial charge in [0, 0.05) is 58.3 Å². The molecule has 3 fully saturated rings. The highest BCUT2D eigenvalue weighted by molar-refractivity contribution is 14.0. The molecule has 2 aliphatic heterocycles. The zero-order chi connectivity index (χ0) is 19.2. The van der Waals surface area contributed by atoms with Gasteiger partial charge in [-0.3, -0.25) is 14.7 Å². The average molecular weight is 505 g/mol. The van der Waals surface area contributed by atoms with Crippen LogP contribution in [-0.4, -0.2) is 85.5 Å². The molecule has 0 bridgehead atoms. The molecule has 1 aliphatic carbocycles. The molecule has 1 amide bonds. The zero-order valence-electron chi connectivity index (χ0n) is 18.0. The molecule has 3 aliphatic rings. The van der Waals surface area contributed by atoms with Crippen LogP contribution in [0.15, 0.2) is 4.99 Å². The number of hydrogen-bond acceptors (Lipinski definition) is 3. The quantitative estimate of drug-likeness (QED) is 0.355. The molecule has 7 heteroatoms. The standard InChI is InChI=1S/C21H39N5O.HI/c1-4-22-21(26-15-17(2)14-18(3)16-26)23-8-9-24-10-12-25(13-11-24)20(27)19-6-5-7-19;/h17-19H,4-16H2,1-3H3,(H,22,23);1H. The van der Waals surface area contributed by atoms with Crippen LogP contribution in [0.3, 0.4) is 0 Å². The summed E-state index contributed by atoms with van der Waals surface area (Å²) >= 11 is 0. The lowest BCUT2D eigenvalue weighted by Gasteiger charge is -2.38. The van der Waals surface area contributed by atoms with Crippen LogP contribution in [0.5, 0.6) is 0 Å². The summed E-state index contributed by atoms with van der Waals surface area (Å²) in [4.78, 5) is 24.3. The SMILES string of the molecule is CCNC(=NCCN1CCN(C(=O)C2CCC2)CC1)N1CC(C)CC(C)C1.I. The van der Waals surface area contributed by atoms with Crippen molar-refractivity contribution in [2.45, 2.75) is 46.5 Å². The molecule has 0 aromatic heterocycles. The number of nitrogens with one attached hydrogen (secondary N) is 1. The number of carbonyl (C=O) groups is 1. The summed E-state index contributed by atoms with van der Waals surface area (Å²) < 4.78 is 0. The van der Waals surface area contributed by atoms with Crippen LogP contribution in [0.2, 0.25) is 0 Å². The minimum Gasteiger partial charge on any atom is -0.357 e. The van der Waals surface area contributed by atoms with Gasteiger partial charge < -0.3 is 15.1 Å². The Morgan fingerprint density at radius 3 is 2.21 bits per heavy atom. The first-order valence-electron chi connectivity index (χ1n) is 11.1. The van der Waals surface area contributed by atoms with Gasteiger partial charge in [-0.15, -0.1) is 24.0 Å². The summed E-state index contributed by atoms with van der Waals surface area (Å²) in [5.41, 5.74) is 0. The predicted octanol–water partition coefficient (Wildman–Crippen LogP) is 2.49. The highest BCUT2D eigenvalue weighted by Crippen LogP contribution is 2.28. The third-order valence-electron chi connectivity index (χ3n) is 6.32. The third kappa shape index (κ3) is 6.47. The van der Waals surface area contributed by atoms with Gasteiger partial charge in [0.05, 0.1) is 6.54 Å². The third-order valence-corrected chi connectivity index (χ3v) is 6.32. The molecule has 2 saturated heterocycles. The predicted molar refractivity (Wildman–Crippen MR) is 126 cm³/mol. The summed E-state index contributed by atoms with van der Waals surface area (Å²) in [5.74, 6) is 3.28. The number of piperidine rings is 1. The fraction of sp³-hybridized carbons (Fsp3) is 0.905. The second-order valence-corrected chi connectivity index (χ2v) is 8.88. The van der Waals surface area contributed by atoms with E-state index in [4.69, 9.17) is 4.99 Å². The van der Waals surface area contributed by atoms with E-state index in [1.165, 1.54) is 12.8 Å². The van der Waals surface area contributed by atoms with E-state index in [2.05, 4.69) is 40.8 Å². The number of hydrogen-bond donors (Lipinski definition) is 1. The molecule has 2 heterocycles. The van der Waals surface area contributed by atoms with Crippen molar-refractivity contribution in [2.75, 3.05) is 58.9 Å². The summed E-state index contributed by atoms with van der Waals surface area (Å²) in [6.45, 7) is 15.5. The molecule has 0 radical (unpaired) electrons. The molecule has 0 aromatic rings. The van der Waals surface area contributed by atoms with E-state index in [1.807, 2.05) is 0 Å². The Balaban J connectivity index is 0.00000280. The first kappa shape index (κ1) is 23.7. The molecule has 2 atom stereocenters. The lowest BCUT2D eigenvalue weighted by Crippen LogP contribution is -2.51.